The summed E-state index contributed by atoms with van der Waals surface area (Å²) in [5, 5.41) is 9.83. The van der Waals surface area contributed by atoms with E-state index in [1.54, 1.807) is 12.1 Å². The minimum Gasteiger partial charge on any atom is -0.478 e. The Morgan fingerprint density at radius 3 is 3.06 bits per heavy atom. The highest BCUT2D eigenvalue weighted by molar-refractivity contribution is 5.95. The standard InChI is InChI=1S/C13H12N2O3/c1-6-11-9(5-18-6)8-4-7(13(16)17)2-3-10(8)15-12(11)14/h2-4,6H,5H2,1H3,(H2,14,15)(H,16,17)/t6-/m1/s1. The van der Waals surface area contributed by atoms with Gasteiger partial charge < -0.3 is 15.6 Å². The molecule has 2 aromatic rings. The maximum atomic E-state index is 11.0. The lowest BCUT2D eigenvalue weighted by Crippen LogP contribution is -2.02. The summed E-state index contributed by atoms with van der Waals surface area (Å²) >= 11 is 0. The van der Waals surface area contributed by atoms with Crippen molar-refractivity contribution in [2.24, 2.45) is 0 Å². The molecule has 1 atom stereocenters. The molecule has 0 amide bonds. The fraction of sp³-hybridized carbons (Fsp3) is 0.231. The molecule has 18 heavy (non-hydrogen) atoms. The number of nitrogens with two attached hydrogens (primary N) is 1. The molecule has 92 valence electrons. The number of hydrogen-bond acceptors (Lipinski definition) is 4. The zero-order valence-corrected chi connectivity index (χ0v) is 9.80. The average molecular weight is 244 g/mol. The number of benzene rings is 1. The molecule has 0 saturated carbocycles. The van der Waals surface area contributed by atoms with E-state index in [0.717, 1.165) is 16.5 Å². The van der Waals surface area contributed by atoms with Crippen molar-refractivity contribution in [3.63, 3.8) is 0 Å². The number of fused-ring (bicyclic) bond motifs is 3. The molecule has 0 bridgehead atoms. The molecule has 1 aliphatic heterocycles. The van der Waals surface area contributed by atoms with Crippen LogP contribution in [0.1, 0.15) is 34.5 Å². The van der Waals surface area contributed by atoms with Crippen molar-refractivity contribution in [2.45, 2.75) is 19.6 Å². The summed E-state index contributed by atoms with van der Waals surface area (Å²) in [6.07, 6.45) is -0.0922. The van der Waals surface area contributed by atoms with Gasteiger partial charge >= 0.3 is 5.97 Å². The summed E-state index contributed by atoms with van der Waals surface area (Å²) in [4.78, 5) is 15.3. The summed E-state index contributed by atoms with van der Waals surface area (Å²) in [6, 6.07) is 4.84. The van der Waals surface area contributed by atoms with Gasteiger partial charge in [-0.05, 0) is 30.7 Å². The van der Waals surface area contributed by atoms with E-state index >= 15 is 0 Å². The Bertz CT molecular complexity index is 667. The van der Waals surface area contributed by atoms with Crippen LogP contribution in [0, 0.1) is 0 Å². The monoisotopic (exact) mass is 244 g/mol. The lowest BCUT2D eigenvalue weighted by Gasteiger charge is -2.09. The zero-order chi connectivity index (χ0) is 12.9. The van der Waals surface area contributed by atoms with Crippen LogP contribution in [0.15, 0.2) is 18.2 Å². The minimum atomic E-state index is -0.950. The van der Waals surface area contributed by atoms with Gasteiger partial charge in [-0.1, -0.05) is 0 Å². The third kappa shape index (κ3) is 1.44. The van der Waals surface area contributed by atoms with Gasteiger partial charge in [0, 0.05) is 10.9 Å². The first-order chi connectivity index (χ1) is 8.58. The number of aromatic nitrogens is 1. The molecule has 3 N–H and O–H groups in total. The fourth-order valence-electron chi connectivity index (χ4n) is 2.40. The molecule has 1 aromatic heterocycles. The third-order valence-corrected chi connectivity index (χ3v) is 3.29. The van der Waals surface area contributed by atoms with Crippen molar-refractivity contribution >= 4 is 22.7 Å². The lowest BCUT2D eigenvalue weighted by molar-refractivity contribution is 0.0696. The number of carbonyl (C=O) groups is 1. The van der Waals surface area contributed by atoms with Crippen molar-refractivity contribution in [1.29, 1.82) is 0 Å². The summed E-state index contributed by atoms with van der Waals surface area (Å²) in [7, 11) is 0. The molecule has 0 spiro atoms. The number of anilines is 1. The molecule has 3 rings (SSSR count). The van der Waals surface area contributed by atoms with E-state index < -0.39 is 5.97 Å². The van der Waals surface area contributed by atoms with Crippen LogP contribution in [0.4, 0.5) is 5.82 Å². The van der Waals surface area contributed by atoms with Crippen LogP contribution in [0.2, 0.25) is 0 Å². The van der Waals surface area contributed by atoms with E-state index in [1.807, 2.05) is 6.92 Å². The van der Waals surface area contributed by atoms with Gasteiger partial charge in [0.05, 0.1) is 23.8 Å². The summed E-state index contributed by atoms with van der Waals surface area (Å²) in [5.41, 5.74) is 8.70. The number of nitrogen functional groups attached to an aromatic ring is 1. The van der Waals surface area contributed by atoms with Crippen molar-refractivity contribution in [3.05, 3.63) is 34.9 Å². The molecule has 0 unspecified atom stereocenters. The Balaban J connectivity index is 2.35. The van der Waals surface area contributed by atoms with Gasteiger partial charge in [-0.2, -0.15) is 0 Å². The van der Waals surface area contributed by atoms with Gasteiger partial charge in [-0.25, -0.2) is 9.78 Å². The number of carboxylic acids is 1. The van der Waals surface area contributed by atoms with Crippen LogP contribution in [0.3, 0.4) is 0 Å². The summed E-state index contributed by atoms with van der Waals surface area (Å²) < 4.78 is 5.55. The first-order valence-electron chi connectivity index (χ1n) is 5.65. The number of nitrogens with zero attached hydrogens (tertiary/aromatic N) is 1. The van der Waals surface area contributed by atoms with Gasteiger partial charge in [0.1, 0.15) is 5.82 Å². The molecule has 5 nitrogen and oxygen atoms in total. The van der Waals surface area contributed by atoms with Crippen LogP contribution >= 0.6 is 0 Å². The average Bonchev–Trinajstić information content (AvgIpc) is 2.72. The molecule has 5 heteroatoms. The van der Waals surface area contributed by atoms with Crippen LogP contribution in [-0.4, -0.2) is 16.1 Å². The Kier molecular flexibility index (Phi) is 2.24. The summed E-state index contributed by atoms with van der Waals surface area (Å²) in [6.45, 7) is 2.36. The molecule has 0 fully saturated rings. The van der Waals surface area contributed by atoms with E-state index in [0.29, 0.717) is 17.9 Å². The molecule has 0 radical (unpaired) electrons. The molecule has 0 saturated heterocycles. The number of ether oxygens (including phenoxy) is 1. The second kappa shape index (κ2) is 3.68. The van der Waals surface area contributed by atoms with Gasteiger partial charge in [-0.15, -0.1) is 0 Å². The molecular weight excluding hydrogens is 232 g/mol. The molecule has 1 aromatic carbocycles. The molecule has 2 heterocycles. The Labute approximate surface area is 103 Å². The SMILES string of the molecule is C[C@H]1OCc2c1c(N)nc1ccc(C(=O)O)cc21. The second-order valence-electron chi connectivity index (χ2n) is 4.38. The zero-order valence-electron chi connectivity index (χ0n) is 9.80. The van der Waals surface area contributed by atoms with Crippen LogP contribution < -0.4 is 5.73 Å². The maximum Gasteiger partial charge on any atom is 0.335 e. The van der Waals surface area contributed by atoms with Crippen molar-refractivity contribution in [1.82, 2.24) is 4.98 Å². The van der Waals surface area contributed by atoms with E-state index in [9.17, 15) is 4.79 Å². The highest BCUT2D eigenvalue weighted by Gasteiger charge is 2.25. The predicted octanol–water partition coefficient (Wildman–Crippen LogP) is 2.11. The van der Waals surface area contributed by atoms with Crippen LogP contribution in [0.25, 0.3) is 10.9 Å². The second-order valence-corrected chi connectivity index (χ2v) is 4.38. The fourth-order valence-corrected chi connectivity index (χ4v) is 2.40. The predicted molar refractivity (Wildman–Crippen MR) is 66.3 cm³/mol. The number of pyridine rings is 1. The Morgan fingerprint density at radius 2 is 2.33 bits per heavy atom. The third-order valence-electron chi connectivity index (χ3n) is 3.29. The first kappa shape index (κ1) is 11.0. The Morgan fingerprint density at radius 1 is 1.56 bits per heavy atom. The highest BCUT2D eigenvalue weighted by Crippen LogP contribution is 2.38. The van der Waals surface area contributed by atoms with Gasteiger partial charge in [-0.3, -0.25) is 0 Å². The molecule has 0 aliphatic carbocycles. The number of rotatable bonds is 1. The van der Waals surface area contributed by atoms with E-state index in [1.165, 1.54) is 6.07 Å². The topological polar surface area (TPSA) is 85.4 Å². The quantitative estimate of drug-likeness (QED) is 0.802. The van der Waals surface area contributed by atoms with Crippen LogP contribution in [-0.2, 0) is 11.3 Å². The summed E-state index contributed by atoms with van der Waals surface area (Å²) in [5.74, 6) is -0.486. The number of carboxylic acid groups (broad SMARTS) is 1. The van der Waals surface area contributed by atoms with Crippen LogP contribution in [0.5, 0.6) is 0 Å². The van der Waals surface area contributed by atoms with E-state index in [2.05, 4.69) is 4.98 Å². The Hall–Kier alpha value is -2.14. The van der Waals surface area contributed by atoms with Crippen molar-refractivity contribution in [2.75, 3.05) is 5.73 Å². The number of hydrogen-bond donors (Lipinski definition) is 2. The first-order valence-corrected chi connectivity index (χ1v) is 5.65. The molecular formula is C13H12N2O3. The number of aromatic carboxylic acids is 1. The van der Waals surface area contributed by atoms with E-state index in [-0.39, 0.29) is 11.7 Å². The van der Waals surface area contributed by atoms with Gasteiger partial charge in [0.2, 0.25) is 0 Å². The minimum absolute atomic E-state index is 0.0922. The highest BCUT2D eigenvalue weighted by atomic mass is 16.5. The maximum absolute atomic E-state index is 11.0. The van der Waals surface area contributed by atoms with Gasteiger partial charge in [0.15, 0.2) is 0 Å². The van der Waals surface area contributed by atoms with E-state index in [4.69, 9.17) is 15.6 Å². The largest absolute Gasteiger partial charge is 0.478 e. The smallest absolute Gasteiger partial charge is 0.335 e. The van der Waals surface area contributed by atoms with Crippen molar-refractivity contribution in [3.8, 4) is 0 Å². The van der Waals surface area contributed by atoms with Gasteiger partial charge in [0.25, 0.3) is 0 Å². The lowest BCUT2D eigenvalue weighted by atomic mass is 10.0. The normalized spacial score (nSPS) is 17.9. The van der Waals surface area contributed by atoms with Crippen molar-refractivity contribution < 1.29 is 14.6 Å². The molecule has 1 aliphatic rings.